The van der Waals surface area contributed by atoms with Gasteiger partial charge in [-0.2, -0.15) is 0 Å². The van der Waals surface area contributed by atoms with E-state index in [-0.39, 0.29) is 5.91 Å². The number of amides is 3. The van der Waals surface area contributed by atoms with Crippen LogP contribution < -0.4 is 15.4 Å². The third-order valence-corrected chi connectivity index (χ3v) is 4.03. The Morgan fingerprint density at radius 3 is 2.39 bits per heavy atom. The Morgan fingerprint density at radius 1 is 1.17 bits per heavy atom. The lowest BCUT2D eigenvalue weighted by atomic mass is 10.3. The Bertz CT molecular complexity index is 710. The topological polar surface area (TPSA) is 83.6 Å². The predicted molar refractivity (Wildman–Crippen MR) is 90.5 cm³/mol. The number of hydrogen-bond acceptors (Lipinski definition) is 5. The van der Waals surface area contributed by atoms with Crippen molar-refractivity contribution in [3.8, 4) is 5.75 Å². The molecule has 0 spiro atoms. The Kier molecular flexibility index (Phi) is 5.17. The molecule has 23 heavy (non-hydrogen) atoms. The molecule has 2 N–H and O–H groups in total. The van der Waals surface area contributed by atoms with E-state index in [0.717, 1.165) is 11.3 Å². The van der Waals surface area contributed by atoms with Gasteiger partial charge in [0, 0.05) is 19.8 Å². The van der Waals surface area contributed by atoms with Gasteiger partial charge < -0.3 is 15.0 Å². The maximum Gasteiger partial charge on any atom is 0.325 e. The van der Waals surface area contributed by atoms with E-state index in [9.17, 15) is 9.59 Å². The third kappa shape index (κ3) is 4.19. The number of methoxy groups -OCH3 is 1. The zero-order chi connectivity index (χ0) is 17.0. The number of hydrogen-bond donors (Lipinski definition) is 2. The zero-order valence-electron chi connectivity index (χ0n) is 13.3. The van der Waals surface area contributed by atoms with E-state index in [1.54, 1.807) is 52.4 Å². The van der Waals surface area contributed by atoms with E-state index >= 15 is 0 Å². The van der Waals surface area contributed by atoms with E-state index in [1.807, 2.05) is 0 Å². The minimum absolute atomic E-state index is 0.136. The lowest BCUT2D eigenvalue weighted by Crippen LogP contribution is -2.21. The summed E-state index contributed by atoms with van der Waals surface area (Å²) in [6, 6.07) is 6.53. The molecule has 0 aliphatic heterocycles. The molecule has 0 aliphatic carbocycles. The molecule has 0 unspecified atom stereocenters. The van der Waals surface area contributed by atoms with Gasteiger partial charge >= 0.3 is 6.03 Å². The van der Waals surface area contributed by atoms with Crippen molar-refractivity contribution < 1.29 is 14.3 Å². The van der Waals surface area contributed by atoms with Crippen LogP contribution in [0.25, 0.3) is 0 Å². The molecule has 0 aliphatic rings. The molecule has 0 saturated heterocycles. The number of ether oxygens (including phenoxy) is 1. The summed E-state index contributed by atoms with van der Waals surface area (Å²) >= 11 is 1.15. The second-order valence-electron chi connectivity index (χ2n) is 4.94. The smallest absolute Gasteiger partial charge is 0.325 e. The second kappa shape index (κ2) is 7.10. The van der Waals surface area contributed by atoms with Gasteiger partial charge in [0.1, 0.15) is 10.6 Å². The zero-order valence-corrected chi connectivity index (χ0v) is 14.2. The molecule has 0 saturated carbocycles. The van der Waals surface area contributed by atoms with Gasteiger partial charge in [-0.1, -0.05) is 11.3 Å². The minimum Gasteiger partial charge on any atom is -0.497 e. The van der Waals surface area contributed by atoms with Gasteiger partial charge in [0.15, 0.2) is 5.13 Å². The third-order valence-electron chi connectivity index (χ3n) is 2.97. The number of aromatic nitrogens is 1. The molecule has 8 heteroatoms. The number of urea groups is 1. The summed E-state index contributed by atoms with van der Waals surface area (Å²) in [5, 5.41) is 5.69. The van der Waals surface area contributed by atoms with Gasteiger partial charge in [0.25, 0.3) is 5.91 Å². The highest BCUT2D eigenvalue weighted by molar-refractivity contribution is 7.17. The monoisotopic (exact) mass is 334 g/mol. The molecule has 0 bridgehead atoms. The summed E-state index contributed by atoms with van der Waals surface area (Å²) in [5.41, 5.74) is 1.22. The number of nitrogens with one attached hydrogen (secondary N) is 2. The summed E-state index contributed by atoms with van der Waals surface area (Å²) < 4.78 is 5.05. The van der Waals surface area contributed by atoms with Crippen molar-refractivity contribution >= 4 is 34.1 Å². The SMILES string of the molecule is COc1ccc(NC(=O)Nc2nc(C)c(C(=O)N(C)C)s2)cc1. The first kappa shape index (κ1) is 16.8. The van der Waals surface area contributed by atoms with Crippen LogP contribution in [0.2, 0.25) is 0 Å². The maximum atomic E-state index is 12.0. The van der Waals surface area contributed by atoms with Crippen LogP contribution in [0.5, 0.6) is 5.75 Å². The summed E-state index contributed by atoms with van der Waals surface area (Å²) in [5.74, 6) is 0.571. The first-order valence-electron chi connectivity index (χ1n) is 6.82. The molecule has 2 aromatic rings. The van der Waals surface area contributed by atoms with Crippen LogP contribution in [-0.4, -0.2) is 43.0 Å². The van der Waals surface area contributed by atoms with Crippen molar-refractivity contribution in [2.45, 2.75) is 6.92 Å². The molecule has 1 heterocycles. The molecular weight excluding hydrogens is 316 g/mol. The average molecular weight is 334 g/mol. The highest BCUT2D eigenvalue weighted by Gasteiger charge is 2.17. The van der Waals surface area contributed by atoms with Crippen molar-refractivity contribution in [2.24, 2.45) is 0 Å². The van der Waals surface area contributed by atoms with Crippen LogP contribution in [0.1, 0.15) is 15.4 Å². The second-order valence-corrected chi connectivity index (χ2v) is 5.94. The number of nitrogens with zero attached hydrogens (tertiary/aromatic N) is 2. The summed E-state index contributed by atoms with van der Waals surface area (Å²) in [7, 11) is 4.92. The fourth-order valence-corrected chi connectivity index (χ4v) is 2.77. The Hall–Kier alpha value is -2.61. The first-order valence-corrected chi connectivity index (χ1v) is 7.63. The average Bonchev–Trinajstić information content (AvgIpc) is 2.87. The van der Waals surface area contributed by atoms with Crippen molar-refractivity contribution in [1.82, 2.24) is 9.88 Å². The van der Waals surface area contributed by atoms with E-state index in [0.29, 0.717) is 27.1 Å². The molecule has 0 fully saturated rings. The van der Waals surface area contributed by atoms with Crippen LogP contribution in [0.4, 0.5) is 15.6 Å². The molecule has 2 rings (SSSR count). The number of rotatable bonds is 4. The number of anilines is 2. The van der Waals surface area contributed by atoms with E-state index in [4.69, 9.17) is 4.74 Å². The standard InChI is InChI=1S/C15H18N4O3S/c1-9-12(13(20)19(2)3)23-15(16-9)18-14(21)17-10-5-7-11(22-4)8-6-10/h5-8H,1-4H3,(H2,16,17,18,21). The molecular formula is C15H18N4O3S. The highest BCUT2D eigenvalue weighted by atomic mass is 32.1. The van der Waals surface area contributed by atoms with Crippen molar-refractivity contribution in [3.63, 3.8) is 0 Å². The molecule has 122 valence electrons. The van der Waals surface area contributed by atoms with Crippen LogP contribution in [0, 0.1) is 6.92 Å². The fraction of sp³-hybridized carbons (Fsp3) is 0.267. The Labute approximate surface area is 138 Å². The van der Waals surface area contributed by atoms with Crippen LogP contribution in [0.15, 0.2) is 24.3 Å². The van der Waals surface area contributed by atoms with E-state index in [1.165, 1.54) is 4.90 Å². The van der Waals surface area contributed by atoms with Crippen LogP contribution >= 0.6 is 11.3 Å². The molecule has 7 nitrogen and oxygen atoms in total. The summed E-state index contributed by atoms with van der Waals surface area (Å²) in [4.78, 5) is 30.1. The normalized spacial score (nSPS) is 10.1. The maximum absolute atomic E-state index is 12.0. The molecule has 3 amide bonds. The van der Waals surface area contributed by atoms with Crippen molar-refractivity contribution in [3.05, 3.63) is 34.8 Å². The van der Waals surface area contributed by atoms with Gasteiger partial charge in [-0.3, -0.25) is 10.1 Å². The van der Waals surface area contributed by atoms with Gasteiger partial charge in [-0.15, -0.1) is 0 Å². The quantitative estimate of drug-likeness (QED) is 0.900. The fourth-order valence-electron chi connectivity index (χ4n) is 1.79. The number of aryl methyl sites for hydroxylation is 1. The molecule has 0 atom stereocenters. The van der Waals surface area contributed by atoms with E-state index in [2.05, 4.69) is 15.6 Å². The van der Waals surface area contributed by atoms with Gasteiger partial charge in [0.2, 0.25) is 0 Å². The largest absolute Gasteiger partial charge is 0.497 e. The lowest BCUT2D eigenvalue weighted by Gasteiger charge is -2.08. The molecule has 0 radical (unpaired) electrons. The molecule has 1 aromatic carbocycles. The predicted octanol–water partition coefficient (Wildman–Crippen LogP) is 2.81. The summed E-state index contributed by atoms with van der Waals surface area (Å²) in [6.45, 7) is 1.74. The first-order chi connectivity index (χ1) is 10.9. The van der Waals surface area contributed by atoms with Crippen molar-refractivity contribution in [1.29, 1.82) is 0 Å². The van der Waals surface area contributed by atoms with Gasteiger partial charge in [0.05, 0.1) is 12.8 Å². The number of carbonyl (C=O) groups is 2. The Balaban J connectivity index is 2.02. The van der Waals surface area contributed by atoms with Gasteiger partial charge in [-0.05, 0) is 31.2 Å². The highest BCUT2D eigenvalue weighted by Crippen LogP contribution is 2.24. The number of benzene rings is 1. The van der Waals surface area contributed by atoms with Crippen molar-refractivity contribution in [2.75, 3.05) is 31.8 Å². The summed E-state index contributed by atoms with van der Waals surface area (Å²) in [6.07, 6.45) is 0. The van der Waals surface area contributed by atoms with E-state index < -0.39 is 6.03 Å². The Morgan fingerprint density at radius 2 is 1.83 bits per heavy atom. The van der Waals surface area contributed by atoms with Gasteiger partial charge in [-0.25, -0.2) is 9.78 Å². The molecule has 1 aromatic heterocycles. The van der Waals surface area contributed by atoms with Crippen LogP contribution in [0.3, 0.4) is 0 Å². The van der Waals surface area contributed by atoms with Crippen LogP contribution in [-0.2, 0) is 0 Å². The number of thiazole rings is 1. The minimum atomic E-state index is -0.423. The number of carbonyl (C=O) groups excluding carboxylic acids is 2. The lowest BCUT2D eigenvalue weighted by molar-refractivity contribution is 0.0831.